The predicted molar refractivity (Wildman–Crippen MR) is 130 cm³/mol. The van der Waals surface area contributed by atoms with E-state index in [2.05, 4.69) is 5.32 Å². The van der Waals surface area contributed by atoms with Gasteiger partial charge < -0.3 is 20.3 Å². The van der Waals surface area contributed by atoms with Crippen LogP contribution in [0.2, 0.25) is 0 Å². The number of aliphatic hydroxyl groups is 1. The number of amides is 1. The van der Waals surface area contributed by atoms with Crippen LogP contribution >= 0.6 is 11.3 Å². The van der Waals surface area contributed by atoms with E-state index in [0.717, 1.165) is 21.2 Å². The lowest BCUT2D eigenvalue weighted by molar-refractivity contribution is 0.0910. The van der Waals surface area contributed by atoms with E-state index in [9.17, 15) is 4.79 Å². The number of carbonyl (C=O) groups excluding carboxylic acids is 1. The van der Waals surface area contributed by atoms with Crippen LogP contribution in [-0.2, 0) is 11.3 Å². The number of anilines is 1. The van der Waals surface area contributed by atoms with Gasteiger partial charge in [-0.1, -0.05) is 48.5 Å². The van der Waals surface area contributed by atoms with Crippen LogP contribution in [-0.4, -0.2) is 23.6 Å². The number of fused-ring (bicyclic) bond motifs is 1. The molecule has 0 bridgehead atoms. The maximum Gasteiger partial charge on any atom is 0.411 e. The fourth-order valence-corrected chi connectivity index (χ4v) is 4.23. The molecule has 1 amide bonds. The number of nitrogens with two attached hydrogens (primary N) is 1. The maximum atomic E-state index is 12.4. The molecule has 0 spiro atoms. The SMILES string of the molecule is N=C(N)c1cc2c(OC(COC(=O)Nc3ccc(CO)cc3)c3ccccc3)cccc2s1. The number of nitrogen functional groups attached to an aromatic ring is 1. The summed E-state index contributed by atoms with van der Waals surface area (Å²) < 4.78 is 12.7. The first-order chi connectivity index (χ1) is 16.0. The zero-order valence-corrected chi connectivity index (χ0v) is 18.5. The summed E-state index contributed by atoms with van der Waals surface area (Å²) in [5.41, 5.74) is 7.83. The molecule has 0 aliphatic carbocycles. The first kappa shape index (κ1) is 22.3. The van der Waals surface area contributed by atoms with Crippen LogP contribution in [0.4, 0.5) is 10.5 Å². The fourth-order valence-electron chi connectivity index (χ4n) is 3.29. The van der Waals surface area contributed by atoms with Crippen molar-refractivity contribution in [2.24, 2.45) is 5.73 Å². The lowest BCUT2D eigenvalue weighted by Crippen LogP contribution is -2.21. The molecule has 7 nitrogen and oxygen atoms in total. The number of hydrogen-bond donors (Lipinski definition) is 4. The van der Waals surface area contributed by atoms with Gasteiger partial charge in [-0.3, -0.25) is 10.7 Å². The molecule has 3 aromatic carbocycles. The Morgan fingerprint density at radius 1 is 1.06 bits per heavy atom. The van der Waals surface area contributed by atoms with E-state index in [1.807, 2.05) is 54.6 Å². The minimum atomic E-state index is -0.608. The average Bonchev–Trinajstić information content (AvgIpc) is 3.28. The topological polar surface area (TPSA) is 118 Å². The lowest BCUT2D eigenvalue weighted by atomic mass is 10.1. The van der Waals surface area contributed by atoms with Gasteiger partial charge in [0.05, 0.1) is 11.5 Å². The van der Waals surface area contributed by atoms with Crippen molar-refractivity contribution in [1.29, 1.82) is 5.41 Å². The summed E-state index contributed by atoms with van der Waals surface area (Å²) in [5, 5.41) is 20.4. The van der Waals surface area contributed by atoms with Crippen LogP contribution in [0.5, 0.6) is 5.75 Å². The molecule has 33 heavy (non-hydrogen) atoms. The Balaban J connectivity index is 1.51. The number of thiophene rings is 1. The molecular weight excluding hydrogens is 438 g/mol. The minimum Gasteiger partial charge on any atom is -0.481 e. The van der Waals surface area contributed by atoms with Gasteiger partial charge in [0.2, 0.25) is 0 Å². The molecule has 1 atom stereocenters. The second-order valence-corrected chi connectivity index (χ2v) is 8.37. The Kier molecular flexibility index (Phi) is 6.87. The molecule has 0 aliphatic rings. The molecule has 1 heterocycles. The highest BCUT2D eigenvalue weighted by atomic mass is 32.1. The fraction of sp³-hybridized carbons (Fsp3) is 0.120. The third-order valence-corrected chi connectivity index (χ3v) is 6.11. The zero-order valence-electron chi connectivity index (χ0n) is 17.7. The molecule has 0 radical (unpaired) electrons. The molecule has 4 aromatic rings. The van der Waals surface area contributed by atoms with E-state index in [-0.39, 0.29) is 19.0 Å². The van der Waals surface area contributed by atoms with Crippen molar-refractivity contribution in [2.75, 3.05) is 11.9 Å². The normalized spacial score (nSPS) is 11.7. The molecular formula is C25H23N3O4S. The monoisotopic (exact) mass is 461 g/mol. The van der Waals surface area contributed by atoms with Crippen LogP contribution in [0.15, 0.2) is 78.9 Å². The number of carbonyl (C=O) groups is 1. The lowest BCUT2D eigenvalue weighted by Gasteiger charge is -2.20. The summed E-state index contributed by atoms with van der Waals surface area (Å²) in [7, 11) is 0. The highest BCUT2D eigenvalue weighted by molar-refractivity contribution is 7.20. The van der Waals surface area contributed by atoms with Crippen molar-refractivity contribution >= 4 is 39.0 Å². The Morgan fingerprint density at radius 3 is 2.52 bits per heavy atom. The number of nitrogens with one attached hydrogen (secondary N) is 2. The van der Waals surface area contributed by atoms with Crippen molar-refractivity contribution in [1.82, 2.24) is 0 Å². The molecule has 168 valence electrons. The highest BCUT2D eigenvalue weighted by Gasteiger charge is 2.19. The number of benzene rings is 3. The Labute approximate surface area is 194 Å². The average molecular weight is 462 g/mol. The molecule has 0 fully saturated rings. The summed E-state index contributed by atoms with van der Waals surface area (Å²) in [4.78, 5) is 13.0. The smallest absolute Gasteiger partial charge is 0.411 e. The van der Waals surface area contributed by atoms with Crippen LogP contribution in [0.25, 0.3) is 10.1 Å². The summed E-state index contributed by atoms with van der Waals surface area (Å²) in [6.07, 6.45) is -1.15. The van der Waals surface area contributed by atoms with Gasteiger partial charge in [-0.2, -0.15) is 0 Å². The summed E-state index contributed by atoms with van der Waals surface area (Å²) >= 11 is 1.42. The van der Waals surface area contributed by atoms with E-state index in [1.54, 1.807) is 24.3 Å². The van der Waals surface area contributed by atoms with Gasteiger partial charge in [-0.15, -0.1) is 11.3 Å². The summed E-state index contributed by atoms with van der Waals surface area (Å²) in [6.45, 7) is -0.0731. The molecule has 0 aliphatic heterocycles. The van der Waals surface area contributed by atoms with E-state index in [1.165, 1.54) is 11.3 Å². The molecule has 8 heteroatoms. The van der Waals surface area contributed by atoms with Gasteiger partial charge in [-0.05, 0) is 41.5 Å². The molecule has 5 N–H and O–H groups in total. The highest BCUT2D eigenvalue weighted by Crippen LogP contribution is 2.35. The number of hydrogen-bond acceptors (Lipinski definition) is 6. The van der Waals surface area contributed by atoms with Crippen molar-refractivity contribution in [3.05, 3.63) is 94.9 Å². The van der Waals surface area contributed by atoms with Gasteiger partial charge in [0.15, 0.2) is 6.10 Å². The molecule has 0 saturated carbocycles. The quantitative estimate of drug-likeness (QED) is 0.216. The maximum absolute atomic E-state index is 12.4. The number of rotatable bonds is 8. The largest absolute Gasteiger partial charge is 0.481 e. The second kappa shape index (κ2) is 10.2. The summed E-state index contributed by atoms with van der Waals surface area (Å²) in [5.74, 6) is 0.627. The first-order valence-electron chi connectivity index (χ1n) is 10.3. The molecule has 1 aromatic heterocycles. The number of aliphatic hydroxyl groups excluding tert-OH is 1. The van der Waals surface area contributed by atoms with E-state index in [0.29, 0.717) is 16.3 Å². The first-order valence-corrected chi connectivity index (χ1v) is 11.1. The van der Waals surface area contributed by atoms with Gasteiger partial charge in [0.1, 0.15) is 18.2 Å². The third-order valence-electron chi connectivity index (χ3n) is 4.98. The van der Waals surface area contributed by atoms with Crippen molar-refractivity contribution in [3.8, 4) is 5.75 Å². The third kappa shape index (κ3) is 5.49. The minimum absolute atomic E-state index is 0.00813. The van der Waals surface area contributed by atoms with Crippen molar-refractivity contribution in [3.63, 3.8) is 0 Å². The van der Waals surface area contributed by atoms with E-state index < -0.39 is 12.2 Å². The predicted octanol–water partition coefficient (Wildman–Crippen LogP) is 5.05. The Bertz CT molecular complexity index is 1260. The Hall–Kier alpha value is -3.88. The molecule has 0 saturated heterocycles. The standard InChI is InChI=1S/C25H23N3O4S/c26-24(27)23-13-19-20(7-4-8-22(19)33-23)32-21(17-5-2-1-3-6-17)15-31-25(30)28-18-11-9-16(14-29)10-12-18/h1-13,21,29H,14-15H2,(H3,26,27)(H,28,30). The van der Waals surface area contributed by atoms with E-state index >= 15 is 0 Å². The van der Waals surface area contributed by atoms with Crippen LogP contribution < -0.4 is 15.8 Å². The Morgan fingerprint density at radius 2 is 1.82 bits per heavy atom. The van der Waals surface area contributed by atoms with Crippen LogP contribution in [0.1, 0.15) is 22.1 Å². The zero-order chi connectivity index (χ0) is 23.2. The van der Waals surface area contributed by atoms with Gasteiger partial charge in [0.25, 0.3) is 0 Å². The second-order valence-electron chi connectivity index (χ2n) is 7.29. The van der Waals surface area contributed by atoms with Gasteiger partial charge in [0, 0.05) is 15.8 Å². The summed E-state index contributed by atoms with van der Waals surface area (Å²) in [6, 6.07) is 23.9. The van der Waals surface area contributed by atoms with Crippen LogP contribution in [0, 0.1) is 5.41 Å². The van der Waals surface area contributed by atoms with Crippen molar-refractivity contribution < 1.29 is 19.4 Å². The van der Waals surface area contributed by atoms with Crippen molar-refractivity contribution in [2.45, 2.75) is 12.7 Å². The van der Waals surface area contributed by atoms with Crippen LogP contribution in [0.3, 0.4) is 0 Å². The van der Waals surface area contributed by atoms with E-state index in [4.69, 9.17) is 25.7 Å². The van der Waals surface area contributed by atoms with Gasteiger partial charge in [-0.25, -0.2) is 4.79 Å². The number of amidine groups is 1. The van der Waals surface area contributed by atoms with Gasteiger partial charge >= 0.3 is 6.09 Å². The molecule has 4 rings (SSSR count). The number of ether oxygens (including phenoxy) is 2. The molecule has 1 unspecified atom stereocenters.